The summed E-state index contributed by atoms with van der Waals surface area (Å²) in [5.41, 5.74) is 1.14. The van der Waals surface area contributed by atoms with Crippen molar-refractivity contribution in [3.63, 3.8) is 0 Å². The molecular formula is C17H18F2O4. The van der Waals surface area contributed by atoms with Gasteiger partial charge in [-0.3, -0.25) is 0 Å². The molecule has 0 aliphatic carbocycles. The second-order valence-corrected chi connectivity index (χ2v) is 5.00. The Morgan fingerprint density at radius 2 is 1.61 bits per heavy atom. The van der Waals surface area contributed by atoms with Gasteiger partial charge in [0.15, 0.2) is 23.1 Å². The van der Waals surface area contributed by atoms with E-state index in [1.165, 1.54) is 20.3 Å². The molecule has 0 bridgehead atoms. The molecule has 0 aliphatic heterocycles. The SMILES string of the molecule is COc1cc(C)cc(OC)c1OCC(O)c1ccc(F)c(F)c1. The summed E-state index contributed by atoms with van der Waals surface area (Å²) >= 11 is 0. The van der Waals surface area contributed by atoms with Gasteiger partial charge in [0.2, 0.25) is 5.75 Å². The molecule has 0 spiro atoms. The van der Waals surface area contributed by atoms with E-state index < -0.39 is 17.7 Å². The fraction of sp³-hybridized carbons (Fsp3) is 0.294. The van der Waals surface area contributed by atoms with Gasteiger partial charge in [-0.15, -0.1) is 0 Å². The Morgan fingerprint density at radius 1 is 1.00 bits per heavy atom. The summed E-state index contributed by atoms with van der Waals surface area (Å²) in [6.45, 7) is 1.71. The average molecular weight is 324 g/mol. The molecule has 0 aromatic heterocycles. The third kappa shape index (κ3) is 3.90. The summed E-state index contributed by atoms with van der Waals surface area (Å²) < 4.78 is 42.2. The summed E-state index contributed by atoms with van der Waals surface area (Å²) in [5, 5.41) is 10.1. The largest absolute Gasteiger partial charge is 0.493 e. The topological polar surface area (TPSA) is 47.9 Å². The second-order valence-electron chi connectivity index (χ2n) is 5.00. The number of halogens is 2. The predicted octanol–water partition coefficient (Wildman–Crippen LogP) is 3.40. The highest BCUT2D eigenvalue weighted by molar-refractivity contribution is 5.53. The van der Waals surface area contributed by atoms with Crippen molar-refractivity contribution < 1.29 is 28.1 Å². The first-order chi connectivity index (χ1) is 11.0. The highest BCUT2D eigenvalue weighted by atomic mass is 19.2. The molecule has 2 aromatic carbocycles. The van der Waals surface area contributed by atoms with Gasteiger partial charge in [0, 0.05) is 0 Å². The van der Waals surface area contributed by atoms with Crippen LogP contribution in [0.25, 0.3) is 0 Å². The van der Waals surface area contributed by atoms with Gasteiger partial charge >= 0.3 is 0 Å². The molecule has 0 aliphatic rings. The number of ether oxygens (including phenoxy) is 3. The maximum atomic E-state index is 13.2. The van der Waals surface area contributed by atoms with Gasteiger partial charge in [-0.25, -0.2) is 8.78 Å². The Bertz CT molecular complexity index is 663. The van der Waals surface area contributed by atoms with Gasteiger partial charge < -0.3 is 19.3 Å². The van der Waals surface area contributed by atoms with Gasteiger partial charge in [0.25, 0.3) is 0 Å². The van der Waals surface area contributed by atoms with E-state index in [0.29, 0.717) is 17.2 Å². The molecule has 1 N–H and O–H groups in total. The highest BCUT2D eigenvalue weighted by Crippen LogP contribution is 2.38. The van der Waals surface area contributed by atoms with Crippen molar-refractivity contribution in [2.75, 3.05) is 20.8 Å². The van der Waals surface area contributed by atoms with Crippen molar-refractivity contribution in [2.45, 2.75) is 13.0 Å². The molecule has 0 saturated carbocycles. The number of aryl methyl sites for hydroxylation is 1. The minimum atomic E-state index is -1.12. The Labute approximate surface area is 133 Å². The molecule has 2 aromatic rings. The molecule has 2 rings (SSSR count). The van der Waals surface area contributed by atoms with Crippen LogP contribution in [0.15, 0.2) is 30.3 Å². The molecule has 4 nitrogen and oxygen atoms in total. The molecule has 0 saturated heterocycles. The van der Waals surface area contributed by atoms with Crippen LogP contribution in [0.5, 0.6) is 17.2 Å². The average Bonchev–Trinajstić information content (AvgIpc) is 2.54. The zero-order valence-electron chi connectivity index (χ0n) is 13.1. The van der Waals surface area contributed by atoms with Crippen molar-refractivity contribution in [2.24, 2.45) is 0 Å². The lowest BCUT2D eigenvalue weighted by Gasteiger charge is -2.17. The van der Waals surface area contributed by atoms with Crippen molar-refractivity contribution in [3.8, 4) is 17.2 Å². The third-order valence-corrected chi connectivity index (χ3v) is 3.32. The van der Waals surface area contributed by atoms with Crippen LogP contribution >= 0.6 is 0 Å². The first kappa shape index (κ1) is 17.0. The van der Waals surface area contributed by atoms with E-state index in [1.807, 2.05) is 6.92 Å². The van der Waals surface area contributed by atoms with E-state index in [-0.39, 0.29) is 12.2 Å². The summed E-state index contributed by atoms with van der Waals surface area (Å²) in [5.74, 6) is -0.739. The van der Waals surface area contributed by atoms with Crippen LogP contribution < -0.4 is 14.2 Å². The van der Waals surface area contributed by atoms with Crippen LogP contribution in [0.3, 0.4) is 0 Å². The molecule has 124 valence electrons. The zero-order valence-corrected chi connectivity index (χ0v) is 13.1. The number of benzene rings is 2. The second kappa shape index (κ2) is 7.28. The van der Waals surface area contributed by atoms with E-state index in [4.69, 9.17) is 14.2 Å². The van der Waals surface area contributed by atoms with Crippen LogP contribution in [0, 0.1) is 18.6 Å². The van der Waals surface area contributed by atoms with Crippen LogP contribution in [-0.2, 0) is 0 Å². The minimum absolute atomic E-state index is 0.166. The lowest BCUT2D eigenvalue weighted by molar-refractivity contribution is 0.104. The number of aliphatic hydroxyl groups is 1. The van der Waals surface area contributed by atoms with E-state index in [0.717, 1.165) is 17.7 Å². The standard InChI is InChI=1S/C17H18F2O4/c1-10-6-15(21-2)17(16(7-10)22-3)23-9-14(20)11-4-5-12(18)13(19)8-11/h4-8,14,20H,9H2,1-3H3. The third-order valence-electron chi connectivity index (χ3n) is 3.32. The van der Waals surface area contributed by atoms with Crippen molar-refractivity contribution >= 4 is 0 Å². The smallest absolute Gasteiger partial charge is 0.203 e. The molecular weight excluding hydrogens is 306 g/mol. The molecule has 6 heteroatoms. The maximum absolute atomic E-state index is 13.2. The molecule has 0 amide bonds. The fourth-order valence-corrected chi connectivity index (χ4v) is 2.13. The summed E-state index contributed by atoms with van der Waals surface area (Å²) in [4.78, 5) is 0. The van der Waals surface area contributed by atoms with E-state index in [9.17, 15) is 13.9 Å². The molecule has 23 heavy (non-hydrogen) atoms. The molecule has 0 heterocycles. The number of hydrogen-bond acceptors (Lipinski definition) is 4. The van der Waals surface area contributed by atoms with Gasteiger partial charge in [-0.2, -0.15) is 0 Å². The molecule has 1 unspecified atom stereocenters. The monoisotopic (exact) mass is 324 g/mol. The Hall–Kier alpha value is -2.34. The van der Waals surface area contributed by atoms with Crippen molar-refractivity contribution in [1.82, 2.24) is 0 Å². The number of hydrogen-bond donors (Lipinski definition) is 1. The van der Waals surface area contributed by atoms with Crippen LogP contribution in [-0.4, -0.2) is 25.9 Å². The normalized spacial score (nSPS) is 11.9. The van der Waals surface area contributed by atoms with Crippen LogP contribution in [0.2, 0.25) is 0 Å². The first-order valence-corrected chi connectivity index (χ1v) is 6.94. The van der Waals surface area contributed by atoms with Gasteiger partial charge in [-0.05, 0) is 42.3 Å². The predicted molar refractivity (Wildman–Crippen MR) is 81.1 cm³/mol. The summed E-state index contributed by atoms with van der Waals surface area (Å²) in [6.07, 6.45) is -1.12. The lowest BCUT2D eigenvalue weighted by Crippen LogP contribution is -2.11. The van der Waals surface area contributed by atoms with E-state index in [1.54, 1.807) is 12.1 Å². The summed E-state index contributed by atoms with van der Waals surface area (Å²) in [7, 11) is 2.99. The Morgan fingerprint density at radius 3 is 2.13 bits per heavy atom. The number of methoxy groups -OCH3 is 2. The van der Waals surface area contributed by atoms with Gasteiger partial charge in [0.05, 0.1) is 14.2 Å². The quantitative estimate of drug-likeness (QED) is 0.885. The van der Waals surface area contributed by atoms with Gasteiger partial charge in [-0.1, -0.05) is 6.07 Å². The minimum Gasteiger partial charge on any atom is -0.493 e. The summed E-state index contributed by atoms with van der Waals surface area (Å²) in [6, 6.07) is 6.73. The Kier molecular flexibility index (Phi) is 5.39. The highest BCUT2D eigenvalue weighted by Gasteiger charge is 2.17. The number of rotatable bonds is 6. The van der Waals surface area contributed by atoms with Crippen LogP contribution in [0.1, 0.15) is 17.2 Å². The molecule has 1 atom stereocenters. The van der Waals surface area contributed by atoms with E-state index >= 15 is 0 Å². The van der Waals surface area contributed by atoms with Crippen molar-refractivity contribution in [1.29, 1.82) is 0 Å². The molecule has 0 radical (unpaired) electrons. The first-order valence-electron chi connectivity index (χ1n) is 6.94. The maximum Gasteiger partial charge on any atom is 0.203 e. The molecule has 0 fully saturated rings. The fourth-order valence-electron chi connectivity index (χ4n) is 2.13. The lowest BCUT2D eigenvalue weighted by atomic mass is 10.1. The van der Waals surface area contributed by atoms with Crippen LogP contribution in [0.4, 0.5) is 8.78 Å². The number of aliphatic hydroxyl groups excluding tert-OH is 1. The van der Waals surface area contributed by atoms with Gasteiger partial charge in [0.1, 0.15) is 12.7 Å². The van der Waals surface area contributed by atoms with E-state index in [2.05, 4.69) is 0 Å². The zero-order chi connectivity index (χ0) is 17.0. The Balaban J connectivity index is 2.18. The van der Waals surface area contributed by atoms with Crippen molar-refractivity contribution in [3.05, 3.63) is 53.1 Å².